The molecule has 4 aromatic heterocycles. The summed E-state index contributed by atoms with van der Waals surface area (Å²) in [4.78, 5) is 41.6. The van der Waals surface area contributed by atoms with Crippen LogP contribution >= 0.6 is 11.6 Å². The van der Waals surface area contributed by atoms with E-state index in [1.165, 1.54) is 84.9 Å². The van der Waals surface area contributed by atoms with E-state index < -0.39 is 48.5 Å². The van der Waals surface area contributed by atoms with Crippen LogP contribution in [0, 0.1) is 23.5 Å². The molecule has 0 saturated carbocycles. The fourth-order valence-electron chi connectivity index (χ4n) is 6.02. The van der Waals surface area contributed by atoms with Crippen LogP contribution in [0.2, 0.25) is 5.15 Å². The lowest BCUT2D eigenvalue weighted by molar-refractivity contribution is 0.0972. The van der Waals surface area contributed by atoms with Crippen LogP contribution < -0.4 is 35.7 Å². The van der Waals surface area contributed by atoms with Crippen LogP contribution in [-0.4, -0.2) is 68.3 Å². The molecule has 2 aromatic carbocycles. The number of hydrogen-bond acceptors (Lipinski definition) is 15. The Balaban J connectivity index is 0.000000260. The van der Waals surface area contributed by atoms with Crippen molar-refractivity contribution in [1.29, 1.82) is 0 Å². The third-order valence-electron chi connectivity index (χ3n) is 9.30. The number of nitrogens with one attached hydrogen (secondary N) is 3. The Kier molecular flexibility index (Phi) is 18.3. The van der Waals surface area contributed by atoms with Gasteiger partial charge in [0, 0.05) is 29.8 Å². The smallest absolute Gasteiger partial charge is 0.281 e. The Hall–Kier alpha value is -6.97. The first-order valence-corrected chi connectivity index (χ1v) is 24.9. The highest BCUT2D eigenvalue weighted by Gasteiger charge is 2.25. The maximum atomic E-state index is 14.3. The number of unbranched alkanes of at least 4 members (excludes halogenated alkanes) is 2. The van der Waals surface area contributed by atoms with Crippen molar-refractivity contribution in [2.45, 2.75) is 63.9 Å². The number of nitrogen functional groups attached to an aromatic ring is 2. The number of anilines is 3. The number of benzene rings is 2. The van der Waals surface area contributed by atoms with Crippen molar-refractivity contribution >= 4 is 60.9 Å². The van der Waals surface area contributed by atoms with E-state index in [4.69, 9.17) is 32.5 Å². The molecule has 2 amide bonds. The van der Waals surface area contributed by atoms with Crippen LogP contribution in [-0.2, 0) is 20.0 Å². The number of hydrogen-bond donors (Lipinski definition) is 5. The molecule has 0 radical (unpaired) electrons. The van der Waals surface area contributed by atoms with Gasteiger partial charge in [0.05, 0.1) is 35.7 Å². The molecule has 22 heteroatoms. The van der Waals surface area contributed by atoms with Crippen molar-refractivity contribution in [2.24, 2.45) is 11.8 Å². The van der Waals surface area contributed by atoms with E-state index in [1.807, 2.05) is 37.1 Å². The highest BCUT2D eigenvalue weighted by Crippen LogP contribution is 2.29. The number of amides is 2. The summed E-state index contributed by atoms with van der Waals surface area (Å²) in [7, 11) is -8.55. The van der Waals surface area contributed by atoms with E-state index in [9.17, 15) is 35.2 Å². The van der Waals surface area contributed by atoms with Crippen LogP contribution in [0.1, 0.15) is 74.6 Å². The fourth-order valence-corrected chi connectivity index (χ4v) is 8.14. The molecule has 0 atom stereocenters. The number of ether oxygens (including phenoxy) is 2. The zero-order chi connectivity index (χ0) is 50.5. The first-order chi connectivity index (χ1) is 32.6. The lowest BCUT2D eigenvalue weighted by atomic mass is 10.1. The molecule has 0 spiro atoms. The van der Waals surface area contributed by atoms with E-state index in [2.05, 4.69) is 32.2 Å². The van der Waals surface area contributed by atoms with E-state index in [0.29, 0.717) is 48.1 Å². The lowest BCUT2D eigenvalue weighted by Gasteiger charge is -2.14. The molecule has 0 fully saturated rings. The molecule has 0 bridgehead atoms. The zero-order valence-corrected chi connectivity index (χ0v) is 40.7. The molecule has 6 aromatic rings. The molecular formula is C47H52ClF2N9O8S2. The first-order valence-electron chi connectivity index (χ1n) is 21.5. The third-order valence-corrected chi connectivity index (χ3v) is 12.1. The highest BCUT2D eigenvalue weighted by molar-refractivity contribution is 7.90. The Morgan fingerprint density at radius 2 is 1.10 bits per heavy atom. The molecule has 17 nitrogen and oxygen atoms in total. The second-order valence-corrected chi connectivity index (χ2v) is 19.8. The number of rotatable bonds is 19. The molecule has 6 rings (SSSR count). The fraction of sp³-hybridized carbons (Fsp3) is 0.277. The number of aromatic nitrogens is 4. The second-order valence-electron chi connectivity index (χ2n) is 16.2. The Bertz CT molecular complexity index is 3020. The zero-order valence-electron chi connectivity index (χ0n) is 38.3. The van der Waals surface area contributed by atoms with Gasteiger partial charge in [-0.2, -0.15) is 16.8 Å². The van der Waals surface area contributed by atoms with Crippen LogP contribution in [0.15, 0.2) is 107 Å². The van der Waals surface area contributed by atoms with Crippen molar-refractivity contribution < 1.29 is 44.7 Å². The maximum Gasteiger partial charge on any atom is 0.281 e. The minimum absolute atomic E-state index is 0.00598. The SMILES string of the molecule is CC(C)COc1cc(F)cc(-c2ccc(C(=O)NS(=O)(=O)c3cccc(N)n3)c(Cl)n2)c1.CCCCCNc1nc(-c2cc(F)cc(OCC(C)C)c2)ccc1C(=O)NS(=O)(=O)c1cccc(N)n1. The number of pyridine rings is 4. The molecule has 0 aliphatic carbocycles. The van der Waals surface area contributed by atoms with Gasteiger partial charge in [0.25, 0.3) is 31.9 Å². The van der Waals surface area contributed by atoms with Gasteiger partial charge in [-0.15, -0.1) is 0 Å². The van der Waals surface area contributed by atoms with E-state index in [0.717, 1.165) is 19.3 Å². The monoisotopic (exact) mass is 1010 g/mol. The number of halogens is 3. The average Bonchev–Trinajstić information content (AvgIpc) is 3.28. The van der Waals surface area contributed by atoms with Gasteiger partial charge in [-0.25, -0.2) is 38.2 Å². The number of carbonyl (C=O) groups is 2. The van der Waals surface area contributed by atoms with E-state index in [-0.39, 0.29) is 56.3 Å². The summed E-state index contributed by atoms with van der Waals surface area (Å²) in [6.07, 6.45) is 2.78. The lowest BCUT2D eigenvalue weighted by Crippen LogP contribution is -2.32. The van der Waals surface area contributed by atoms with Crippen LogP contribution in [0.25, 0.3) is 22.5 Å². The van der Waals surface area contributed by atoms with Gasteiger partial charge >= 0.3 is 0 Å². The Labute approximate surface area is 404 Å². The van der Waals surface area contributed by atoms with Gasteiger partial charge in [0.2, 0.25) is 0 Å². The Morgan fingerprint density at radius 3 is 1.55 bits per heavy atom. The predicted molar refractivity (Wildman–Crippen MR) is 260 cm³/mol. The predicted octanol–water partition coefficient (Wildman–Crippen LogP) is 8.29. The molecule has 0 unspecified atom stereocenters. The molecule has 0 aliphatic rings. The molecule has 69 heavy (non-hydrogen) atoms. The molecule has 366 valence electrons. The summed E-state index contributed by atoms with van der Waals surface area (Å²) < 4.78 is 93.7. The van der Waals surface area contributed by atoms with Crippen molar-refractivity contribution in [3.63, 3.8) is 0 Å². The molecule has 0 saturated heterocycles. The standard InChI is InChI=1S/C26H32FN5O4S.C21H20ClFN4O4S/c1-4-5-6-12-29-25-21(26(33)32-37(34,35)24-9-7-8-23(28)31-24)10-11-22(30-25)18-13-19(27)15-20(14-18)36-16-17(2)3;1-12(2)11-31-15-9-13(8-14(23)10-15)17-7-6-16(20(22)25-17)21(28)27-32(29,30)19-5-3-4-18(24)26-19/h7-11,13-15,17H,4-6,12,16H2,1-3H3,(H2,28,31)(H,29,30)(H,32,33);3-10,12H,11H2,1-2H3,(H2,24,26)(H,27,28). The van der Waals surface area contributed by atoms with Crippen LogP contribution in [0.3, 0.4) is 0 Å². The summed E-state index contributed by atoms with van der Waals surface area (Å²) in [5, 5.41) is 2.06. The number of sulfonamides is 2. The average molecular weight is 1010 g/mol. The van der Waals surface area contributed by atoms with Crippen molar-refractivity contribution in [2.75, 3.05) is 36.5 Å². The van der Waals surface area contributed by atoms with Gasteiger partial charge in [-0.05, 0) is 91.1 Å². The number of nitrogens with two attached hydrogens (primary N) is 2. The first kappa shape index (κ1) is 53.0. The maximum absolute atomic E-state index is 14.3. The minimum atomic E-state index is -4.28. The van der Waals surface area contributed by atoms with Gasteiger partial charge in [0.1, 0.15) is 45.7 Å². The third kappa shape index (κ3) is 15.5. The van der Waals surface area contributed by atoms with Crippen molar-refractivity contribution in [1.82, 2.24) is 29.4 Å². The van der Waals surface area contributed by atoms with Crippen LogP contribution in [0.4, 0.5) is 26.2 Å². The normalized spacial score (nSPS) is 11.4. The summed E-state index contributed by atoms with van der Waals surface area (Å²) in [5.41, 5.74) is 12.4. The van der Waals surface area contributed by atoms with Gasteiger partial charge < -0.3 is 26.3 Å². The van der Waals surface area contributed by atoms with Crippen LogP contribution in [0.5, 0.6) is 11.5 Å². The minimum Gasteiger partial charge on any atom is -0.493 e. The number of nitrogens with zero attached hydrogens (tertiary/aromatic N) is 4. The topological polar surface area (TPSA) is 261 Å². The number of carbonyl (C=O) groups excluding carboxylic acids is 2. The van der Waals surface area contributed by atoms with E-state index >= 15 is 0 Å². The second kappa shape index (κ2) is 23.8. The molecular weight excluding hydrogens is 956 g/mol. The van der Waals surface area contributed by atoms with Crippen molar-refractivity contribution in [3.8, 4) is 34.0 Å². The van der Waals surface area contributed by atoms with Gasteiger partial charge in [0.15, 0.2) is 10.1 Å². The summed E-state index contributed by atoms with van der Waals surface area (Å²) in [6, 6.07) is 22.2. The molecule has 7 N–H and O–H groups in total. The molecule has 0 aliphatic heterocycles. The highest BCUT2D eigenvalue weighted by atomic mass is 35.5. The van der Waals surface area contributed by atoms with Gasteiger partial charge in [-0.3, -0.25) is 9.59 Å². The summed E-state index contributed by atoms with van der Waals surface area (Å²) in [5.74, 6) is -1.52. The molecule has 4 heterocycles. The van der Waals surface area contributed by atoms with Gasteiger partial charge in [-0.1, -0.05) is 71.2 Å². The van der Waals surface area contributed by atoms with E-state index in [1.54, 1.807) is 12.1 Å². The quantitative estimate of drug-likeness (QED) is 0.0378. The summed E-state index contributed by atoms with van der Waals surface area (Å²) in [6.45, 7) is 11.3. The van der Waals surface area contributed by atoms with Crippen molar-refractivity contribution in [3.05, 3.63) is 125 Å². The summed E-state index contributed by atoms with van der Waals surface area (Å²) >= 11 is 6.13. The Morgan fingerprint density at radius 1 is 0.638 bits per heavy atom. The largest absolute Gasteiger partial charge is 0.493 e.